The van der Waals surface area contributed by atoms with E-state index < -0.39 is 0 Å². The van der Waals surface area contributed by atoms with Crippen molar-refractivity contribution in [2.24, 2.45) is 0 Å². The highest BCUT2D eigenvalue weighted by molar-refractivity contribution is 5.28. The second-order valence-corrected chi connectivity index (χ2v) is 4.56. The molecule has 1 N–H and O–H groups in total. The summed E-state index contributed by atoms with van der Waals surface area (Å²) in [5.41, 5.74) is 1.29. The van der Waals surface area contributed by atoms with Crippen LogP contribution in [0.2, 0.25) is 0 Å². The van der Waals surface area contributed by atoms with Gasteiger partial charge in [0.25, 0.3) is 0 Å². The number of benzene rings is 1. The van der Waals surface area contributed by atoms with Gasteiger partial charge in [-0.3, -0.25) is 0 Å². The van der Waals surface area contributed by atoms with Gasteiger partial charge in [-0.1, -0.05) is 18.6 Å². The van der Waals surface area contributed by atoms with Gasteiger partial charge in [-0.2, -0.15) is 0 Å². The first kappa shape index (κ1) is 11.5. The van der Waals surface area contributed by atoms with Crippen molar-refractivity contribution in [3.63, 3.8) is 0 Å². The Bertz CT molecular complexity index is 318. The molecule has 1 fully saturated rings. The van der Waals surface area contributed by atoms with E-state index in [0.29, 0.717) is 6.10 Å². The van der Waals surface area contributed by atoms with Crippen LogP contribution in [0.3, 0.4) is 0 Å². The van der Waals surface area contributed by atoms with E-state index in [9.17, 15) is 0 Å². The molecule has 88 valence electrons. The highest BCUT2D eigenvalue weighted by Crippen LogP contribution is 2.23. The van der Waals surface area contributed by atoms with Crippen molar-refractivity contribution in [1.29, 1.82) is 0 Å². The van der Waals surface area contributed by atoms with Gasteiger partial charge in [0.2, 0.25) is 0 Å². The normalized spacial score (nSPS) is 17.3. The van der Waals surface area contributed by atoms with Crippen molar-refractivity contribution >= 4 is 0 Å². The maximum absolute atomic E-state index is 6.01. The SMILES string of the molecule is CNCc1cccc(OC2CCCCC2)c1. The minimum absolute atomic E-state index is 0.443. The lowest BCUT2D eigenvalue weighted by molar-refractivity contribution is 0.155. The van der Waals surface area contributed by atoms with Gasteiger partial charge >= 0.3 is 0 Å². The first-order chi connectivity index (χ1) is 7.88. The second kappa shape index (κ2) is 5.90. The fourth-order valence-corrected chi connectivity index (χ4v) is 2.31. The quantitative estimate of drug-likeness (QED) is 0.840. The Morgan fingerprint density at radius 1 is 1.25 bits per heavy atom. The Hall–Kier alpha value is -1.02. The predicted octanol–water partition coefficient (Wildman–Crippen LogP) is 3.12. The first-order valence-corrected chi connectivity index (χ1v) is 6.28. The Morgan fingerprint density at radius 2 is 2.06 bits per heavy atom. The van der Waals surface area contributed by atoms with Crippen LogP contribution in [0.15, 0.2) is 24.3 Å². The molecule has 0 aromatic heterocycles. The molecule has 1 aliphatic rings. The summed E-state index contributed by atoms with van der Waals surface area (Å²) in [7, 11) is 1.97. The van der Waals surface area contributed by atoms with E-state index in [-0.39, 0.29) is 0 Å². The van der Waals surface area contributed by atoms with Gasteiger partial charge < -0.3 is 10.1 Å². The van der Waals surface area contributed by atoms with Gasteiger partial charge in [-0.25, -0.2) is 0 Å². The zero-order valence-corrected chi connectivity index (χ0v) is 10.0. The molecular weight excluding hydrogens is 198 g/mol. The molecule has 2 rings (SSSR count). The van der Waals surface area contributed by atoms with Gasteiger partial charge in [-0.05, 0) is 50.4 Å². The topological polar surface area (TPSA) is 21.3 Å². The average Bonchev–Trinajstić information content (AvgIpc) is 2.31. The maximum atomic E-state index is 6.01. The van der Waals surface area contributed by atoms with Crippen LogP contribution >= 0.6 is 0 Å². The van der Waals surface area contributed by atoms with Crippen LogP contribution in [0.5, 0.6) is 5.75 Å². The highest BCUT2D eigenvalue weighted by atomic mass is 16.5. The molecule has 0 saturated heterocycles. The molecule has 0 amide bonds. The molecule has 1 saturated carbocycles. The molecule has 1 aliphatic carbocycles. The summed E-state index contributed by atoms with van der Waals surface area (Å²) in [6, 6.07) is 8.41. The molecule has 0 heterocycles. The molecule has 0 unspecified atom stereocenters. The fourth-order valence-electron chi connectivity index (χ4n) is 2.31. The van der Waals surface area contributed by atoms with Crippen LogP contribution in [0.4, 0.5) is 0 Å². The van der Waals surface area contributed by atoms with E-state index in [1.165, 1.54) is 37.7 Å². The van der Waals surface area contributed by atoms with Gasteiger partial charge in [0, 0.05) is 6.54 Å². The Morgan fingerprint density at radius 3 is 2.81 bits per heavy atom. The monoisotopic (exact) mass is 219 g/mol. The van der Waals surface area contributed by atoms with Crippen molar-refractivity contribution in [3.05, 3.63) is 29.8 Å². The highest BCUT2D eigenvalue weighted by Gasteiger charge is 2.14. The summed E-state index contributed by atoms with van der Waals surface area (Å²) in [6.45, 7) is 0.905. The lowest BCUT2D eigenvalue weighted by atomic mass is 9.98. The van der Waals surface area contributed by atoms with Crippen molar-refractivity contribution in [1.82, 2.24) is 5.32 Å². The molecule has 0 radical (unpaired) electrons. The molecule has 0 aliphatic heterocycles. The summed E-state index contributed by atoms with van der Waals surface area (Å²) in [6.07, 6.45) is 6.90. The summed E-state index contributed by atoms with van der Waals surface area (Å²) in [4.78, 5) is 0. The molecular formula is C14H21NO. The summed E-state index contributed by atoms with van der Waals surface area (Å²) < 4.78 is 6.01. The first-order valence-electron chi connectivity index (χ1n) is 6.28. The summed E-state index contributed by atoms with van der Waals surface area (Å²) >= 11 is 0. The molecule has 2 nitrogen and oxygen atoms in total. The number of rotatable bonds is 4. The van der Waals surface area contributed by atoms with E-state index in [0.717, 1.165) is 12.3 Å². The van der Waals surface area contributed by atoms with Crippen molar-refractivity contribution in [3.8, 4) is 5.75 Å². The lowest BCUT2D eigenvalue weighted by Gasteiger charge is -2.23. The van der Waals surface area contributed by atoms with Crippen LogP contribution < -0.4 is 10.1 Å². The number of ether oxygens (including phenoxy) is 1. The zero-order valence-electron chi connectivity index (χ0n) is 10.0. The van der Waals surface area contributed by atoms with Crippen LogP contribution in [-0.4, -0.2) is 13.2 Å². The third-order valence-electron chi connectivity index (χ3n) is 3.13. The van der Waals surface area contributed by atoms with Crippen molar-refractivity contribution < 1.29 is 4.74 Å². The summed E-state index contributed by atoms with van der Waals surface area (Å²) in [5, 5.41) is 3.16. The number of nitrogens with one attached hydrogen (secondary N) is 1. The van der Waals surface area contributed by atoms with Crippen molar-refractivity contribution in [2.75, 3.05) is 7.05 Å². The largest absolute Gasteiger partial charge is 0.490 e. The van der Waals surface area contributed by atoms with Crippen LogP contribution in [0, 0.1) is 0 Å². The Labute approximate surface area is 98.0 Å². The third-order valence-corrected chi connectivity index (χ3v) is 3.13. The minimum atomic E-state index is 0.443. The summed E-state index contributed by atoms with van der Waals surface area (Å²) in [5.74, 6) is 1.03. The van der Waals surface area contributed by atoms with E-state index in [2.05, 4.69) is 29.6 Å². The lowest BCUT2D eigenvalue weighted by Crippen LogP contribution is -2.19. The maximum Gasteiger partial charge on any atom is 0.120 e. The number of hydrogen-bond acceptors (Lipinski definition) is 2. The minimum Gasteiger partial charge on any atom is -0.490 e. The second-order valence-electron chi connectivity index (χ2n) is 4.56. The average molecular weight is 219 g/mol. The van der Waals surface area contributed by atoms with Crippen LogP contribution in [-0.2, 0) is 6.54 Å². The predicted molar refractivity (Wildman–Crippen MR) is 66.7 cm³/mol. The molecule has 2 heteroatoms. The molecule has 1 aromatic rings. The van der Waals surface area contributed by atoms with Crippen LogP contribution in [0.1, 0.15) is 37.7 Å². The van der Waals surface area contributed by atoms with Crippen LogP contribution in [0.25, 0.3) is 0 Å². The van der Waals surface area contributed by atoms with E-state index in [4.69, 9.17) is 4.74 Å². The third kappa shape index (κ3) is 3.24. The van der Waals surface area contributed by atoms with E-state index in [1.807, 2.05) is 7.05 Å². The fraction of sp³-hybridized carbons (Fsp3) is 0.571. The van der Waals surface area contributed by atoms with E-state index >= 15 is 0 Å². The van der Waals surface area contributed by atoms with Gasteiger partial charge in [-0.15, -0.1) is 0 Å². The zero-order chi connectivity index (χ0) is 11.2. The van der Waals surface area contributed by atoms with E-state index in [1.54, 1.807) is 0 Å². The molecule has 0 bridgehead atoms. The van der Waals surface area contributed by atoms with Gasteiger partial charge in [0.15, 0.2) is 0 Å². The van der Waals surface area contributed by atoms with Gasteiger partial charge in [0.1, 0.15) is 5.75 Å². The molecule has 0 atom stereocenters. The van der Waals surface area contributed by atoms with Gasteiger partial charge in [0.05, 0.1) is 6.10 Å². The molecule has 1 aromatic carbocycles. The smallest absolute Gasteiger partial charge is 0.120 e. The Balaban J connectivity index is 1.94. The van der Waals surface area contributed by atoms with Crippen molar-refractivity contribution in [2.45, 2.75) is 44.8 Å². The standard InChI is InChI=1S/C14H21NO/c1-15-11-12-6-5-9-14(10-12)16-13-7-3-2-4-8-13/h5-6,9-10,13,15H,2-4,7-8,11H2,1H3. The number of hydrogen-bond donors (Lipinski definition) is 1. The molecule has 0 spiro atoms. The Kier molecular flexibility index (Phi) is 4.23. The molecule has 16 heavy (non-hydrogen) atoms.